The second-order valence-electron chi connectivity index (χ2n) is 5.88. The highest BCUT2D eigenvalue weighted by Gasteiger charge is 2.53. The van der Waals surface area contributed by atoms with Crippen molar-refractivity contribution < 1.29 is 9.72 Å². The second-order valence-corrected chi connectivity index (χ2v) is 6.88. The number of hydrogen-bond donors (Lipinski definition) is 1. The first-order valence-corrected chi connectivity index (χ1v) is 8.14. The summed E-state index contributed by atoms with van der Waals surface area (Å²) in [5.41, 5.74) is 1.39. The van der Waals surface area contributed by atoms with Gasteiger partial charge in [-0.15, -0.1) is 11.3 Å². The van der Waals surface area contributed by atoms with Crippen LogP contribution in [0.25, 0.3) is 0 Å². The Morgan fingerprint density at radius 1 is 1.67 bits per heavy atom. The molecule has 21 heavy (non-hydrogen) atoms. The van der Waals surface area contributed by atoms with Crippen molar-refractivity contribution in [3.63, 3.8) is 0 Å². The highest BCUT2D eigenvalue weighted by molar-refractivity contribution is 7.10. The number of rotatable bonds is 5. The van der Waals surface area contributed by atoms with Gasteiger partial charge < -0.3 is 5.32 Å². The average Bonchev–Trinajstić information content (AvgIpc) is 3.15. The quantitative estimate of drug-likeness (QED) is 0.656. The fourth-order valence-corrected chi connectivity index (χ4v) is 3.74. The van der Waals surface area contributed by atoms with Crippen LogP contribution >= 0.6 is 11.3 Å². The standard InChI is InChI=1S/C14H19N3O3S/c1-9(7-15-14(18)11-6-12(11)17(19)20)16-4-2-13-10(8-16)3-5-21-13/h3,5,9,11-12H,2,4,6-8H2,1H3,(H,15,18)/t9-,11-,12+/m1/s1. The van der Waals surface area contributed by atoms with Crippen LogP contribution in [0.2, 0.25) is 0 Å². The smallest absolute Gasteiger partial charge is 0.230 e. The first kappa shape index (κ1) is 14.5. The van der Waals surface area contributed by atoms with Gasteiger partial charge in [-0.1, -0.05) is 0 Å². The Hall–Kier alpha value is -1.47. The zero-order valence-corrected chi connectivity index (χ0v) is 12.8. The van der Waals surface area contributed by atoms with Crippen molar-refractivity contribution in [2.75, 3.05) is 13.1 Å². The second kappa shape index (κ2) is 5.73. The van der Waals surface area contributed by atoms with E-state index in [0.717, 1.165) is 19.5 Å². The zero-order chi connectivity index (χ0) is 15.0. The van der Waals surface area contributed by atoms with E-state index >= 15 is 0 Å². The SMILES string of the molecule is C[C@H](CNC(=O)[C@@H]1C[C@@H]1[N+](=O)[O-])N1CCc2sccc2C1. The summed E-state index contributed by atoms with van der Waals surface area (Å²) in [4.78, 5) is 25.9. The molecule has 1 aromatic heterocycles. The molecule has 0 saturated heterocycles. The predicted molar refractivity (Wildman–Crippen MR) is 79.8 cm³/mol. The molecule has 7 heteroatoms. The predicted octanol–water partition coefficient (Wildman–Crippen LogP) is 1.28. The van der Waals surface area contributed by atoms with Crippen molar-refractivity contribution in [2.24, 2.45) is 5.92 Å². The van der Waals surface area contributed by atoms with Gasteiger partial charge in [0.15, 0.2) is 0 Å². The largest absolute Gasteiger partial charge is 0.354 e. The molecule has 1 N–H and O–H groups in total. The molecule has 0 radical (unpaired) electrons. The molecule has 0 spiro atoms. The molecule has 1 fully saturated rings. The summed E-state index contributed by atoms with van der Waals surface area (Å²) in [6.45, 7) is 4.58. The number of nitro groups is 1. The van der Waals surface area contributed by atoms with Crippen molar-refractivity contribution in [3.05, 3.63) is 32.0 Å². The maximum absolute atomic E-state index is 11.8. The van der Waals surface area contributed by atoms with Crippen molar-refractivity contribution in [2.45, 2.75) is 38.4 Å². The van der Waals surface area contributed by atoms with Gasteiger partial charge in [-0.25, -0.2) is 0 Å². The van der Waals surface area contributed by atoms with Crippen LogP contribution in [0.4, 0.5) is 0 Å². The van der Waals surface area contributed by atoms with Crippen LogP contribution in [-0.2, 0) is 17.8 Å². The number of carbonyl (C=O) groups excluding carboxylic acids is 1. The van der Waals surface area contributed by atoms with E-state index in [0.29, 0.717) is 13.0 Å². The summed E-state index contributed by atoms with van der Waals surface area (Å²) in [5.74, 6) is -0.589. The third-order valence-corrected chi connectivity index (χ3v) is 5.42. The minimum atomic E-state index is -0.663. The van der Waals surface area contributed by atoms with Gasteiger partial charge in [0.25, 0.3) is 0 Å². The highest BCUT2D eigenvalue weighted by atomic mass is 32.1. The molecule has 1 aliphatic heterocycles. The van der Waals surface area contributed by atoms with Crippen LogP contribution in [0.5, 0.6) is 0 Å². The van der Waals surface area contributed by atoms with Crippen molar-refractivity contribution in [1.29, 1.82) is 0 Å². The lowest BCUT2D eigenvalue weighted by atomic mass is 10.1. The van der Waals surface area contributed by atoms with Crippen LogP contribution in [0.15, 0.2) is 11.4 Å². The van der Waals surface area contributed by atoms with Gasteiger partial charge in [0.05, 0.1) is 0 Å². The van der Waals surface area contributed by atoms with Gasteiger partial charge in [0, 0.05) is 41.9 Å². The van der Waals surface area contributed by atoms with Crippen LogP contribution in [-0.4, -0.2) is 40.9 Å². The number of fused-ring (bicyclic) bond motifs is 1. The summed E-state index contributed by atoms with van der Waals surface area (Å²) in [6.07, 6.45) is 1.45. The van der Waals surface area contributed by atoms with E-state index in [1.165, 1.54) is 10.4 Å². The Bertz CT molecular complexity index is 559. The number of carbonyl (C=O) groups is 1. The normalized spacial score (nSPS) is 26.0. The summed E-state index contributed by atoms with van der Waals surface area (Å²) in [5, 5.41) is 15.6. The number of nitrogens with one attached hydrogen (secondary N) is 1. The van der Waals surface area contributed by atoms with E-state index in [4.69, 9.17) is 0 Å². The van der Waals surface area contributed by atoms with Gasteiger partial charge in [0.1, 0.15) is 5.92 Å². The summed E-state index contributed by atoms with van der Waals surface area (Å²) < 4.78 is 0. The Morgan fingerprint density at radius 2 is 2.48 bits per heavy atom. The lowest BCUT2D eigenvalue weighted by Crippen LogP contribution is -2.44. The van der Waals surface area contributed by atoms with E-state index in [9.17, 15) is 14.9 Å². The Kier molecular flexibility index (Phi) is 3.95. The summed E-state index contributed by atoms with van der Waals surface area (Å²) in [7, 11) is 0. The lowest BCUT2D eigenvalue weighted by molar-refractivity contribution is -0.497. The Labute approximate surface area is 127 Å². The molecule has 1 aliphatic carbocycles. The molecule has 1 amide bonds. The molecular weight excluding hydrogens is 290 g/mol. The van der Waals surface area contributed by atoms with E-state index < -0.39 is 12.0 Å². The summed E-state index contributed by atoms with van der Waals surface area (Å²) >= 11 is 1.81. The molecule has 114 valence electrons. The minimum Gasteiger partial charge on any atom is -0.354 e. The molecule has 2 aliphatic rings. The van der Waals surface area contributed by atoms with Gasteiger partial charge in [0.2, 0.25) is 11.9 Å². The molecule has 3 rings (SSSR count). The Morgan fingerprint density at radius 3 is 3.19 bits per heavy atom. The highest BCUT2D eigenvalue weighted by Crippen LogP contribution is 2.33. The topological polar surface area (TPSA) is 75.5 Å². The van der Waals surface area contributed by atoms with E-state index in [1.54, 1.807) is 0 Å². The summed E-state index contributed by atoms with van der Waals surface area (Å²) in [6, 6.07) is 1.75. The van der Waals surface area contributed by atoms with Gasteiger partial charge in [-0.3, -0.25) is 19.8 Å². The fraction of sp³-hybridized carbons (Fsp3) is 0.643. The maximum atomic E-state index is 11.8. The van der Waals surface area contributed by atoms with Crippen LogP contribution < -0.4 is 5.32 Å². The van der Waals surface area contributed by atoms with E-state index in [-0.39, 0.29) is 16.9 Å². The first-order chi connectivity index (χ1) is 10.1. The van der Waals surface area contributed by atoms with Crippen molar-refractivity contribution in [3.8, 4) is 0 Å². The van der Waals surface area contributed by atoms with Crippen LogP contribution in [0, 0.1) is 16.0 Å². The molecule has 1 saturated carbocycles. The molecular formula is C14H19N3O3S. The van der Waals surface area contributed by atoms with Gasteiger partial charge >= 0.3 is 0 Å². The number of thiophene rings is 1. The molecule has 3 atom stereocenters. The maximum Gasteiger partial charge on any atom is 0.230 e. The van der Waals surface area contributed by atoms with Crippen LogP contribution in [0.1, 0.15) is 23.8 Å². The molecule has 1 aromatic rings. The third kappa shape index (κ3) is 3.08. The van der Waals surface area contributed by atoms with Crippen molar-refractivity contribution >= 4 is 17.2 Å². The molecule has 6 nitrogen and oxygen atoms in total. The van der Waals surface area contributed by atoms with Crippen molar-refractivity contribution in [1.82, 2.24) is 10.2 Å². The molecule has 0 unspecified atom stereocenters. The number of nitrogens with zero attached hydrogens (tertiary/aromatic N) is 2. The average molecular weight is 309 g/mol. The number of amides is 1. The minimum absolute atomic E-state index is 0.170. The molecule has 2 heterocycles. The van der Waals surface area contributed by atoms with Gasteiger partial charge in [-0.2, -0.15) is 0 Å². The first-order valence-electron chi connectivity index (χ1n) is 7.26. The molecule has 0 bridgehead atoms. The van der Waals surface area contributed by atoms with E-state index in [2.05, 4.69) is 28.6 Å². The third-order valence-electron chi connectivity index (χ3n) is 4.40. The van der Waals surface area contributed by atoms with Crippen LogP contribution in [0.3, 0.4) is 0 Å². The zero-order valence-electron chi connectivity index (χ0n) is 11.9. The van der Waals surface area contributed by atoms with E-state index in [1.807, 2.05) is 11.3 Å². The lowest BCUT2D eigenvalue weighted by Gasteiger charge is -2.32. The van der Waals surface area contributed by atoms with Gasteiger partial charge in [-0.05, 0) is 30.4 Å². The fourth-order valence-electron chi connectivity index (χ4n) is 2.85. The Balaban J connectivity index is 1.46. The monoisotopic (exact) mass is 309 g/mol. The molecule has 0 aromatic carbocycles. The number of hydrogen-bond acceptors (Lipinski definition) is 5.